The lowest BCUT2D eigenvalue weighted by molar-refractivity contribution is -0.160. The zero-order chi connectivity index (χ0) is 18.2. The first-order valence-electron chi connectivity index (χ1n) is 7.67. The quantitative estimate of drug-likeness (QED) is 0.774. The van der Waals surface area contributed by atoms with Crippen molar-refractivity contribution in [3.63, 3.8) is 0 Å². The lowest BCUT2D eigenvalue weighted by Crippen LogP contribution is -2.38. The first-order chi connectivity index (χ1) is 12.0. The molecule has 25 heavy (non-hydrogen) atoms. The van der Waals surface area contributed by atoms with Gasteiger partial charge in [-0.3, -0.25) is 4.79 Å². The second-order valence-corrected chi connectivity index (χ2v) is 5.27. The van der Waals surface area contributed by atoms with Crippen molar-refractivity contribution >= 4 is 11.9 Å². The fourth-order valence-corrected chi connectivity index (χ4v) is 1.91. The van der Waals surface area contributed by atoms with Crippen molar-refractivity contribution in [2.45, 2.75) is 32.6 Å². The molecule has 0 saturated carbocycles. The normalized spacial score (nSPS) is 12.5. The summed E-state index contributed by atoms with van der Waals surface area (Å²) in [6.07, 6.45) is -0.352. The second kappa shape index (κ2) is 8.55. The molecule has 7 nitrogen and oxygen atoms in total. The standard InChI is InChI=1S/C18H18N2O5/c1-12(17(21)20-11-16-4-3-9-23-16)25-18(22)13(2)24-15-7-5-14(10-19)6-8-15/h3-9,12-13H,11H2,1-2H3,(H,20,21)/t12-,13+/m0/s1. The van der Waals surface area contributed by atoms with E-state index in [1.807, 2.05) is 6.07 Å². The maximum Gasteiger partial charge on any atom is 0.347 e. The van der Waals surface area contributed by atoms with E-state index in [2.05, 4.69) is 5.32 Å². The maximum atomic E-state index is 12.0. The van der Waals surface area contributed by atoms with Gasteiger partial charge in [0, 0.05) is 0 Å². The summed E-state index contributed by atoms with van der Waals surface area (Å²) >= 11 is 0. The maximum absolute atomic E-state index is 12.0. The highest BCUT2D eigenvalue weighted by Gasteiger charge is 2.23. The number of nitriles is 1. The molecule has 130 valence electrons. The fourth-order valence-electron chi connectivity index (χ4n) is 1.91. The van der Waals surface area contributed by atoms with E-state index in [-0.39, 0.29) is 6.54 Å². The van der Waals surface area contributed by atoms with E-state index in [9.17, 15) is 9.59 Å². The van der Waals surface area contributed by atoms with Gasteiger partial charge in [-0.15, -0.1) is 0 Å². The van der Waals surface area contributed by atoms with Crippen molar-refractivity contribution in [3.05, 3.63) is 54.0 Å². The Labute approximate surface area is 145 Å². The minimum absolute atomic E-state index is 0.213. The van der Waals surface area contributed by atoms with Crippen molar-refractivity contribution < 1.29 is 23.5 Å². The highest BCUT2D eigenvalue weighted by molar-refractivity contribution is 5.84. The number of nitrogens with one attached hydrogen (secondary N) is 1. The average molecular weight is 342 g/mol. The van der Waals surface area contributed by atoms with Crippen molar-refractivity contribution in [1.29, 1.82) is 5.26 Å². The summed E-state index contributed by atoms with van der Waals surface area (Å²) in [5, 5.41) is 11.4. The number of hydrogen-bond acceptors (Lipinski definition) is 6. The van der Waals surface area contributed by atoms with Crippen molar-refractivity contribution in [3.8, 4) is 11.8 Å². The van der Waals surface area contributed by atoms with Crippen LogP contribution in [0.3, 0.4) is 0 Å². The summed E-state index contributed by atoms with van der Waals surface area (Å²) in [5.41, 5.74) is 0.490. The van der Waals surface area contributed by atoms with Crippen LogP contribution in [0.25, 0.3) is 0 Å². The van der Waals surface area contributed by atoms with Crippen LogP contribution >= 0.6 is 0 Å². The molecule has 0 bridgehead atoms. The van der Waals surface area contributed by atoms with Gasteiger partial charge in [-0.25, -0.2) is 4.79 Å². The summed E-state index contributed by atoms with van der Waals surface area (Å²) in [4.78, 5) is 23.9. The largest absolute Gasteiger partial charge is 0.479 e. The third-order valence-electron chi connectivity index (χ3n) is 3.31. The Morgan fingerprint density at radius 2 is 1.92 bits per heavy atom. The Morgan fingerprint density at radius 3 is 2.52 bits per heavy atom. The zero-order valence-corrected chi connectivity index (χ0v) is 13.9. The van der Waals surface area contributed by atoms with Crippen LogP contribution in [0.4, 0.5) is 0 Å². The molecule has 0 fully saturated rings. The van der Waals surface area contributed by atoms with Gasteiger partial charge in [0.2, 0.25) is 0 Å². The number of ether oxygens (including phenoxy) is 2. The van der Waals surface area contributed by atoms with Crippen LogP contribution in [0.15, 0.2) is 47.1 Å². The first-order valence-corrected chi connectivity index (χ1v) is 7.67. The summed E-state index contributed by atoms with van der Waals surface area (Å²) in [7, 11) is 0. The number of furan rings is 1. The van der Waals surface area contributed by atoms with Gasteiger partial charge in [0.15, 0.2) is 12.2 Å². The minimum atomic E-state index is -0.963. The van der Waals surface area contributed by atoms with Gasteiger partial charge >= 0.3 is 5.97 Å². The minimum Gasteiger partial charge on any atom is -0.479 e. The molecule has 0 radical (unpaired) electrons. The number of nitrogens with zero attached hydrogens (tertiary/aromatic N) is 1. The van der Waals surface area contributed by atoms with Crippen molar-refractivity contribution in [1.82, 2.24) is 5.32 Å². The van der Waals surface area contributed by atoms with E-state index < -0.39 is 24.1 Å². The monoisotopic (exact) mass is 342 g/mol. The Kier molecular flexibility index (Phi) is 6.18. The summed E-state index contributed by atoms with van der Waals surface area (Å²) in [5.74, 6) is -0.0666. The van der Waals surface area contributed by atoms with Crippen LogP contribution in [-0.2, 0) is 20.9 Å². The first kappa shape index (κ1) is 18.1. The molecule has 0 aliphatic rings. The Morgan fingerprint density at radius 1 is 1.20 bits per heavy atom. The number of hydrogen-bond donors (Lipinski definition) is 1. The Balaban J connectivity index is 1.80. The van der Waals surface area contributed by atoms with Gasteiger partial charge in [-0.05, 0) is 50.2 Å². The van der Waals surface area contributed by atoms with Crippen LogP contribution in [0, 0.1) is 11.3 Å². The fraction of sp³-hybridized carbons (Fsp3) is 0.278. The average Bonchev–Trinajstić information content (AvgIpc) is 3.13. The van der Waals surface area contributed by atoms with Gasteiger partial charge in [0.05, 0.1) is 24.4 Å². The lowest BCUT2D eigenvalue weighted by Gasteiger charge is -2.17. The topological polar surface area (TPSA) is 102 Å². The van der Waals surface area contributed by atoms with Crippen molar-refractivity contribution in [2.75, 3.05) is 0 Å². The molecule has 7 heteroatoms. The van der Waals surface area contributed by atoms with Gasteiger partial charge in [0.25, 0.3) is 5.91 Å². The predicted molar refractivity (Wildman–Crippen MR) is 87.4 cm³/mol. The third-order valence-corrected chi connectivity index (χ3v) is 3.31. The van der Waals surface area contributed by atoms with Gasteiger partial charge < -0.3 is 19.2 Å². The highest BCUT2D eigenvalue weighted by atomic mass is 16.6. The summed E-state index contributed by atoms with van der Waals surface area (Å²) in [6.45, 7) is 3.21. The molecule has 2 rings (SSSR count). The number of carbonyl (C=O) groups is 2. The SMILES string of the molecule is C[C@H](OC(=O)[C@@H](C)Oc1ccc(C#N)cc1)C(=O)NCc1ccco1. The van der Waals surface area contributed by atoms with E-state index in [4.69, 9.17) is 19.2 Å². The van der Waals surface area contributed by atoms with E-state index in [1.165, 1.54) is 20.1 Å². The van der Waals surface area contributed by atoms with Crippen molar-refractivity contribution in [2.24, 2.45) is 0 Å². The molecule has 1 aromatic carbocycles. The lowest BCUT2D eigenvalue weighted by atomic mass is 10.2. The molecule has 2 aromatic rings. The van der Waals surface area contributed by atoms with Crippen LogP contribution in [0.1, 0.15) is 25.2 Å². The van der Waals surface area contributed by atoms with E-state index in [1.54, 1.807) is 36.4 Å². The van der Waals surface area contributed by atoms with Gasteiger partial charge in [-0.1, -0.05) is 0 Å². The molecule has 1 heterocycles. The number of carbonyl (C=O) groups excluding carboxylic acids is 2. The molecule has 1 N–H and O–H groups in total. The molecule has 2 atom stereocenters. The molecular formula is C18H18N2O5. The third kappa shape index (κ3) is 5.39. The number of esters is 1. The van der Waals surface area contributed by atoms with Crippen LogP contribution in [0.2, 0.25) is 0 Å². The molecule has 0 saturated heterocycles. The Hall–Kier alpha value is -3.27. The number of amides is 1. The predicted octanol–water partition coefficient (Wildman–Crippen LogP) is 2.17. The second-order valence-electron chi connectivity index (χ2n) is 5.27. The summed E-state index contributed by atoms with van der Waals surface area (Å²) < 4.78 is 15.6. The van der Waals surface area contributed by atoms with Crippen LogP contribution in [-0.4, -0.2) is 24.1 Å². The number of rotatable bonds is 7. The Bertz CT molecular complexity index is 747. The number of benzene rings is 1. The van der Waals surface area contributed by atoms with E-state index in [0.717, 1.165) is 0 Å². The molecule has 1 amide bonds. The van der Waals surface area contributed by atoms with Crippen LogP contribution in [0.5, 0.6) is 5.75 Å². The zero-order valence-electron chi connectivity index (χ0n) is 13.9. The summed E-state index contributed by atoms with van der Waals surface area (Å²) in [6, 6.07) is 11.8. The molecule has 0 aliphatic heterocycles. The van der Waals surface area contributed by atoms with Gasteiger partial charge in [-0.2, -0.15) is 5.26 Å². The van der Waals surface area contributed by atoms with E-state index >= 15 is 0 Å². The van der Waals surface area contributed by atoms with Crippen LogP contribution < -0.4 is 10.1 Å². The molecule has 0 spiro atoms. The molecule has 1 aromatic heterocycles. The van der Waals surface area contributed by atoms with Gasteiger partial charge in [0.1, 0.15) is 11.5 Å². The highest BCUT2D eigenvalue weighted by Crippen LogP contribution is 2.14. The molecule has 0 aliphatic carbocycles. The molecular weight excluding hydrogens is 324 g/mol. The van der Waals surface area contributed by atoms with E-state index in [0.29, 0.717) is 17.1 Å². The smallest absolute Gasteiger partial charge is 0.347 e. The molecule has 0 unspecified atom stereocenters.